The molecule has 1 N–H and O–H groups in total. The van der Waals surface area contributed by atoms with E-state index < -0.39 is 0 Å². The smallest absolute Gasteiger partial charge is 0.306 e. The molecule has 1 aliphatic heterocycles. The largest absolute Gasteiger partial charge is 0.326 e. The summed E-state index contributed by atoms with van der Waals surface area (Å²) in [5, 5.41) is 0.667. The number of imidazole rings is 1. The minimum absolute atomic E-state index is 0.0368. The van der Waals surface area contributed by atoms with Crippen molar-refractivity contribution in [3.63, 3.8) is 0 Å². The topological polar surface area (TPSA) is 41.0 Å². The third-order valence-corrected chi connectivity index (χ3v) is 4.46. The van der Waals surface area contributed by atoms with Crippen molar-refractivity contribution < 1.29 is 0 Å². The summed E-state index contributed by atoms with van der Waals surface area (Å²) in [6.45, 7) is 7.40. The molecule has 0 saturated carbocycles. The Bertz CT molecular complexity index is 673. The first-order valence-electron chi connectivity index (χ1n) is 7.16. The highest BCUT2D eigenvalue weighted by Crippen LogP contribution is 2.22. The van der Waals surface area contributed by atoms with E-state index in [9.17, 15) is 4.79 Å². The van der Waals surface area contributed by atoms with E-state index in [0.717, 1.165) is 37.1 Å². The van der Waals surface area contributed by atoms with Crippen LogP contribution in [-0.4, -0.2) is 33.6 Å². The number of nitrogens with zero attached hydrogens (tertiary/aromatic N) is 2. The predicted octanol–water partition coefficient (Wildman–Crippen LogP) is 2.71. The van der Waals surface area contributed by atoms with Crippen molar-refractivity contribution in [3.05, 3.63) is 33.7 Å². The molecule has 4 nitrogen and oxygen atoms in total. The molecule has 1 fully saturated rings. The summed E-state index contributed by atoms with van der Waals surface area (Å²) in [5.41, 5.74) is 1.73. The number of aromatic nitrogens is 2. The van der Waals surface area contributed by atoms with Crippen LogP contribution < -0.4 is 5.69 Å². The van der Waals surface area contributed by atoms with Crippen LogP contribution in [-0.2, 0) is 6.54 Å². The molecule has 0 spiro atoms. The Morgan fingerprint density at radius 3 is 2.95 bits per heavy atom. The molecule has 108 valence electrons. The van der Waals surface area contributed by atoms with Gasteiger partial charge in [0.2, 0.25) is 0 Å². The zero-order valence-corrected chi connectivity index (χ0v) is 12.7. The van der Waals surface area contributed by atoms with Crippen molar-refractivity contribution in [1.82, 2.24) is 14.5 Å². The van der Waals surface area contributed by atoms with Gasteiger partial charge in [0.05, 0.1) is 11.0 Å². The average Bonchev–Trinajstić information content (AvgIpc) is 2.97. The minimum Gasteiger partial charge on any atom is -0.306 e. The van der Waals surface area contributed by atoms with E-state index in [4.69, 9.17) is 11.6 Å². The monoisotopic (exact) mass is 293 g/mol. The average molecular weight is 294 g/mol. The normalized spacial score (nSPS) is 20.3. The molecule has 0 bridgehead atoms. The number of rotatable bonds is 3. The van der Waals surface area contributed by atoms with Gasteiger partial charge in [-0.2, -0.15) is 0 Å². The van der Waals surface area contributed by atoms with Crippen molar-refractivity contribution >= 4 is 22.6 Å². The molecule has 1 aromatic heterocycles. The molecule has 1 aliphatic rings. The van der Waals surface area contributed by atoms with Crippen LogP contribution in [0.5, 0.6) is 0 Å². The molecule has 20 heavy (non-hydrogen) atoms. The zero-order valence-electron chi connectivity index (χ0n) is 11.9. The summed E-state index contributed by atoms with van der Waals surface area (Å²) in [4.78, 5) is 17.5. The maximum atomic E-state index is 12.1. The molecule has 1 unspecified atom stereocenters. The number of likely N-dealkylation sites (tertiary alicyclic amines) is 1. The lowest BCUT2D eigenvalue weighted by molar-refractivity contribution is 0.261. The lowest BCUT2D eigenvalue weighted by atomic mass is 10.1. The molecule has 2 heterocycles. The summed E-state index contributed by atoms with van der Waals surface area (Å²) < 4.78 is 1.83. The van der Waals surface area contributed by atoms with E-state index in [2.05, 4.69) is 23.7 Å². The highest BCUT2D eigenvalue weighted by Gasteiger charge is 2.25. The molecule has 0 aliphatic carbocycles. The van der Waals surface area contributed by atoms with E-state index in [-0.39, 0.29) is 5.69 Å². The van der Waals surface area contributed by atoms with Gasteiger partial charge in [0.15, 0.2) is 0 Å². The van der Waals surface area contributed by atoms with Gasteiger partial charge in [0.1, 0.15) is 0 Å². The van der Waals surface area contributed by atoms with Gasteiger partial charge in [-0.05, 0) is 50.9 Å². The number of H-pyrrole nitrogens is 1. The standard InChI is InChI=1S/C15H20ClN3O/c1-10(2)18-6-5-11(8-18)9-19-14-7-12(16)3-4-13(14)17-15(19)20/h3-4,7,10-11H,5-6,8-9H2,1-2H3,(H,17,20). The lowest BCUT2D eigenvalue weighted by Crippen LogP contribution is -2.29. The Balaban J connectivity index is 1.86. The number of fused-ring (bicyclic) bond motifs is 1. The van der Waals surface area contributed by atoms with Crippen molar-refractivity contribution in [1.29, 1.82) is 0 Å². The Morgan fingerprint density at radius 2 is 2.25 bits per heavy atom. The number of hydrogen-bond donors (Lipinski definition) is 1. The highest BCUT2D eigenvalue weighted by molar-refractivity contribution is 6.31. The summed E-state index contributed by atoms with van der Waals surface area (Å²) >= 11 is 6.04. The predicted molar refractivity (Wildman–Crippen MR) is 82.4 cm³/mol. The molecule has 2 aromatic rings. The Kier molecular flexibility index (Phi) is 3.61. The fourth-order valence-electron chi connectivity index (χ4n) is 3.05. The number of aromatic amines is 1. The second-order valence-corrected chi connectivity index (χ2v) is 6.38. The zero-order chi connectivity index (χ0) is 14.3. The van der Waals surface area contributed by atoms with Crippen molar-refractivity contribution in [2.45, 2.75) is 32.9 Å². The van der Waals surface area contributed by atoms with Gasteiger partial charge in [0.25, 0.3) is 0 Å². The molecule has 1 aromatic carbocycles. The highest BCUT2D eigenvalue weighted by atomic mass is 35.5. The second kappa shape index (κ2) is 5.26. The molecule has 0 radical (unpaired) electrons. The van der Waals surface area contributed by atoms with Crippen LogP contribution in [0.1, 0.15) is 20.3 Å². The first kappa shape index (κ1) is 13.7. The first-order chi connectivity index (χ1) is 9.54. The van der Waals surface area contributed by atoms with Crippen molar-refractivity contribution in [2.75, 3.05) is 13.1 Å². The van der Waals surface area contributed by atoms with Gasteiger partial charge in [0, 0.05) is 24.2 Å². The van der Waals surface area contributed by atoms with Crippen LogP contribution in [0.25, 0.3) is 11.0 Å². The summed E-state index contributed by atoms with van der Waals surface area (Å²) in [6, 6.07) is 6.11. The maximum Gasteiger partial charge on any atom is 0.326 e. The van der Waals surface area contributed by atoms with Crippen LogP contribution in [0.15, 0.2) is 23.0 Å². The molecular weight excluding hydrogens is 274 g/mol. The quantitative estimate of drug-likeness (QED) is 0.945. The van der Waals surface area contributed by atoms with Gasteiger partial charge in [-0.1, -0.05) is 11.6 Å². The third kappa shape index (κ3) is 2.50. The SMILES string of the molecule is CC(C)N1CCC(Cn2c(=O)[nH]c3ccc(Cl)cc32)C1. The number of hydrogen-bond acceptors (Lipinski definition) is 2. The molecular formula is C15H20ClN3O. The summed E-state index contributed by atoms with van der Waals surface area (Å²) in [7, 11) is 0. The number of benzene rings is 1. The number of halogens is 1. The van der Waals surface area contributed by atoms with E-state index in [0.29, 0.717) is 17.0 Å². The van der Waals surface area contributed by atoms with Crippen LogP contribution in [0.2, 0.25) is 5.02 Å². The number of nitrogens with one attached hydrogen (secondary N) is 1. The fraction of sp³-hybridized carbons (Fsp3) is 0.533. The van der Waals surface area contributed by atoms with E-state index >= 15 is 0 Å². The molecule has 1 saturated heterocycles. The van der Waals surface area contributed by atoms with E-state index in [1.54, 1.807) is 6.07 Å². The second-order valence-electron chi connectivity index (χ2n) is 5.95. The fourth-order valence-corrected chi connectivity index (χ4v) is 3.21. The molecule has 5 heteroatoms. The minimum atomic E-state index is -0.0368. The molecule has 3 rings (SSSR count). The Labute approximate surface area is 123 Å². The van der Waals surface area contributed by atoms with Crippen LogP contribution >= 0.6 is 11.6 Å². The summed E-state index contributed by atoms with van der Waals surface area (Å²) in [6.07, 6.45) is 1.15. The van der Waals surface area contributed by atoms with Gasteiger partial charge >= 0.3 is 5.69 Å². The molecule has 1 atom stereocenters. The van der Waals surface area contributed by atoms with Crippen molar-refractivity contribution in [3.8, 4) is 0 Å². The lowest BCUT2D eigenvalue weighted by Gasteiger charge is -2.20. The van der Waals surface area contributed by atoms with E-state index in [1.165, 1.54) is 0 Å². The van der Waals surface area contributed by atoms with E-state index in [1.807, 2.05) is 16.7 Å². The Morgan fingerprint density at radius 1 is 1.45 bits per heavy atom. The van der Waals surface area contributed by atoms with Crippen LogP contribution in [0.4, 0.5) is 0 Å². The Hall–Kier alpha value is -1.26. The van der Waals surface area contributed by atoms with Gasteiger partial charge in [-0.15, -0.1) is 0 Å². The molecule has 0 amide bonds. The first-order valence-corrected chi connectivity index (χ1v) is 7.54. The van der Waals surface area contributed by atoms with Gasteiger partial charge in [-0.3, -0.25) is 4.57 Å². The van der Waals surface area contributed by atoms with Crippen molar-refractivity contribution in [2.24, 2.45) is 5.92 Å². The summed E-state index contributed by atoms with van der Waals surface area (Å²) in [5.74, 6) is 0.535. The van der Waals surface area contributed by atoms with Gasteiger partial charge < -0.3 is 9.88 Å². The third-order valence-electron chi connectivity index (χ3n) is 4.23. The maximum absolute atomic E-state index is 12.1. The van der Waals surface area contributed by atoms with Gasteiger partial charge in [-0.25, -0.2) is 4.79 Å². The van der Waals surface area contributed by atoms with Crippen LogP contribution in [0, 0.1) is 5.92 Å². The van der Waals surface area contributed by atoms with Crippen LogP contribution in [0.3, 0.4) is 0 Å².